The van der Waals surface area contributed by atoms with E-state index >= 15 is 0 Å². The number of rotatable bonds is 3. The van der Waals surface area contributed by atoms with Crippen molar-refractivity contribution < 1.29 is 9.53 Å². The molecule has 2 rings (SSSR count). The molecule has 0 aromatic heterocycles. The number of ether oxygens (including phenoxy) is 1. The van der Waals surface area contributed by atoms with Gasteiger partial charge in [-0.2, -0.15) is 5.26 Å². The van der Waals surface area contributed by atoms with Crippen LogP contribution in [0.1, 0.15) is 39.0 Å². The van der Waals surface area contributed by atoms with Crippen LogP contribution in [0.5, 0.6) is 0 Å². The summed E-state index contributed by atoms with van der Waals surface area (Å²) in [5, 5.41) is 12.2. The number of hydrogen-bond donors (Lipinski definition) is 1. The van der Waals surface area contributed by atoms with Crippen molar-refractivity contribution in [2.24, 2.45) is 11.3 Å². The lowest BCUT2D eigenvalue weighted by molar-refractivity contribution is -0.135. The van der Waals surface area contributed by atoms with E-state index in [0.717, 1.165) is 19.3 Å². The molecule has 4 nitrogen and oxygen atoms in total. The summed E-state index contributed by atoms with van der Waals surface area (Å²) in [6, 6.07) is 2.29. The van der Waals surface area contributed by atoms with Crippen molar-refractivity contribution in [3.8, 4) is 6.07 Å². The molecule has 17 heavy (non-hydrogen) atoms. The Balaban J connectivity index is 1.95. The number of carbonyl (C=O) groups is 1. The Hall–Kier alpha value is -1.08. The molecule has 2 fully saturated rings. The fraction of sp³-hybridized carbons (Fsp3) is 0.846. The fourth-order valence-corrected chi connectivity index (χ4v) is 3.14. The van der Waals surface area contributed by atoms with E-state index in [1.165, 1.54) is 0 Å². The van der Waals surface area contributed by atoms with Gasteiger partial charge >= 0.3 is 0 Å². The molecule has 4 heteroatoms. The largest absolute Gasteiger partial charge is 0.379 e. The highest BCUT2D eigenvalue weighted by molar-refractivity contribution is 5.86. The molecule has 2 aliphatic rings. The van der Waals surface area contributed by atoms with E-state index in [0.29, 0.717) is 18.8 Å². The third-order valence-electron chi connectivity index (χ3n) is 4.11. The predicted octanol–water partition coefficient (Wildman–Crippen LogP) is 1.61. The topological polar surface area (TPSA) is 62.1 Å². The van der Waals surface area contributed by atoms with E-state index in [2.05, 4.69) is 18.3 Å². The summed E-state index contributed by atoms with van der Waals surface area (Å²) < 4.78 is 5.35. The second-order valence-electron chi connectivity index (χ2n) is 5.49. The first-order valence-corrected chi connectivity index (χ1v) is 6.36. The molecule has 2 unspecified atom stereocenters. The Morgan fingerprint density at radius 2 is 2.18 bits per heavy atom. The van der Waals surface area contributed by atoms with Crippen LogP contribution in [0.2, 0.25) is 0 Å². The smallest absolute Gasteiger partial charge is 0.240 e. The quantitative estimate of drug-likeness (QED) is 0.809. The van der Waals surface area contributed by atoms with Crippen molar-refractivity contribution in [2.75, 3.05) is 7.11 Å². The van der Waals surface area contributed by atoms with Gasteiger partial charge in [-0.3, -0.25) is 4.79 Å². The minimum Gasteiger partial charge on any atom is -0.379 e. The summed E-state index contributed by atoms with van der Waals surface area (Å²) >= 11 is 0. The predicted molar refractivity (Wildman–Crippen MR) is 63.0 cm³/mol. The molecule has 0 heterocycles. The second-order valence-corrected chi connectivity index (χ2v) is 5.49. The lowest BCUT2D eigenvalue weighted by Gasteiger charge is -2.40. The molecule has 0 saturated heterocycles. The number of nitrogens with zero attached hydrogens (tertiary/aromatic N) is 1. The monoisotopic (exact) mass is 236 g/mol. The lowest BCUT2D eigenvalue weighted by Crippen LogP contribution is -2.52. The number of amides is 1. The maximum absolute atomic E-state index is 12.2. The molecule has 94 valence electrons. The van der Waals surface area contributed by atoms with Crippen LogP contribution < -0.4 is 5.32 Å². The van der Waals surface area contributed by atoms with Gasteiger partial charge in [-0.1, -0.05) is 6.92 Å². The second kappa shape index (κ2) is 4.66. The first-order valence-electron chi connectivity index (χ1n) is 6.36. The zero-order chi connectivity index (χ0) is 12.5. The summed E-state index contributed by atoms with van der Waals surface area (Å²) in [6.45, 7) is 2.08. The standard InChI is InChI=1S/C13H20N2O2/c1-9-6-13(7-9,8-14)12(16)15-10-4-3-5-11(10)17-2/h9-11H,3-7H2,1-2H3,(H,15,16). The van der Waals surface area contributed by atoms with Crippen LogP contribution in [0.4, 0.5) is 0 Å². The molecule has 0 aliphatic heterocycles. The number of hydrogen-bond acceptors (Lipinski definition) is 3. The lowest BCUT2D eigenvalue weighted by atomic mass is 9.63. The summed E-state index contributed by atoms with van der Waals surface area (Å²) in [6.07, 6.45) is 4.55. The Morgan fingerprint density at radius 3 is 2.71 bits per heavy atom. The average Bonchev–Trinajstić information content (AvgIpc) is 2.71. The van der Waals surface area contributed by atoms with Gasteiger partial charge in [0.1, 0.15) is 5.41 Å². The van der Waals surface area contributed by atoms with Crippen molar-refractivity contribution in [1.82, 2.24) is 5.32 Å². The number of nitrogens with one attached hydrogen (secondary N) is 1. The molecule has 2 saturated carbocycles. The molecule has 0 spiro atoms. The van der Waals surface area contributed by atoms with Crippen molar-refractivity contribution in [3.63, 3.8) is 0 Å². The van der Waals surface area contributed by atoms with Crippen LogP contribution in [0.25, 0.3) is 0 Å². The van der Waals surface area contributed by atoms with Crippen LogP contribution in [-0.4, -0.2) is 25.2 Å². The highest BCUT2D eigenvalue weighted by atomic mass is 16.5. The number of methoxy groups -OCH3 is 1. The zero-order valence-corrected chi connectivity index (χ0v) is 10.5. The van der Waals surface area contributed by atoms with Crippen molar-refractivity contribution in [3.05, 3.63) is 0 Å². The van der Waals surface area contributed by atoms with Crippen LogP contribution in [-0.2, 0) is 9.53 Å². The minimum absolute atomic E-state index is 0.0907. The van der Waals surface area contributed by atoms with Crippen LogP contribution >= 0.6 is 0 Å². The van der Waals surface area contributed by atoms with Gasteiger partial charge in [0.2, 0.25) is 5.91 Å². The molecule has 1 amide bonds. The van der Waals surface area contributed by atoms with Gasteiger partial charge in [-0.15, -0.1) is 0 Å². The van der Waals surface area contributed by atoms with E-state index in [4.69, 9.17) is 4.74 Å². The SMILES string of the molecule is COC1CCCC1NC(=O)C1(C#N)CC(C)C1. The first-order chi connectivity index (χ1) is 8.11. The van der Waals surface area contributed by atoms with E-state index < -0.39 is 5.41 Å². The summed E-state index contributed by atoms with van der Waals surface area (Å²) in [4.78, 5) is 12.2. The molecule has 0 aromatic carbocycles. The highest BCUT2D eigenvalue weighted by Gasteiger charge is 2.49. The van der Waals surface area contributed by atoms with E-state index in [9.17, 15) is 10.1 Å². The van der Waals surface area contributed by atoms with Gasteiger partial charge in [-0.25, -0.2) is 0 Å². The molecule has 0 bridgehead atoms. The summed E-state index contributed by atoms with van der Waals surface area (Å²) in [5.41, 5.74) is -0.764. The van der Waals surface area contributed by atoms with Crippen LogP contribution in [0.3, 0.4) is 0 Å². The zero-order valence-electron chi connectivity index (χ0n) is 10.5. The average molecular weight is 236 g/mol. The van der Waals surface area contributed by atoms with Gasteiger partial charge < -0.3 is 10.1 Å². The molecule has 0 aromatic rings. The first kappa shape index (κ1) is 12.4. The summed E-state index contributed by atoms with van der Waals surface area (Å²) in [5.74, 6) is 0.397. The number of nitriles is 1. The van der Waals surface area contributed by atoms with Gasteiger partial charge in [0.25, 0.3) is 0 Å². The molecule has 2 atom stereocenters. The molecule has 1 N–H and O–H groups in total. The van der Waals surface area contributed by atoms with Crippen LogP contribution in [0.15, 0.2) is 0 Å². The normalized spacial score (nSPS) is 40.4. The Bertz CT molecular complexity index is 342. The minimum atomic E-state index is -0.764. The maximum Gasteiger partial charge on any atom is 0.240 e. The molecule has 2 aliphatic carbocycles. The van der Waals surface area contributed by atoms with Crippen molar-refractivity contribution >= 4 is 5.91 Å². The summed E-state index contributed by atoms with van der Waals surface area (Å²) in [7, 11) is 1.68. The Morgan fingerprint density at radius 1 is 1.47 bits per heavy atom. The number of carbonyl (C=O) groups excluding carboxylic acids is 1. The van der Waals surface area contributed by atoms with Gasteiger partial charge in [0.15, 0.2) is 0 Å². The van der Waals surface area contributed by atoms with Gasteiger partial charge in [0, 0.05) is 7.11 Å². The van der Waals surface area contributed by atoms with Crippen molar-refractivity contribution in [1.29, 1.82) is 5.26 Å². The van der Waals surface area contributed by atoms with Crippen LogP contribution in [0, 0.1) is 22.7 Å². The van der Waals surface area contributed by atoms with E-state index in [1.807, 2.05) is 0 Å². The Labute approximate surface area is 102 Å². The van der Waals surface area contributed by atoms with E-state index in [1.54, 1.807) is 7.11 Å². The van der Waals surface area contributed by atoms with Crippen molar-refractivity contribution in [2.45, 2.75) is 51.2 Å². The fourth-order valence-electron chi connectivity index (χ4n) is 3.14. The molecular weight excluding hydrogens is 216 g/mol. The Kier molecular flexibility index (Phi) is 3.39. The van der Waals surface area contributed by atoms with Gasteiger partial charge in [0.05, 0.1) is 18.2 Å². The third-order valence-corrected chi connectivity index (χ3v) is 4.11. The molecular formula is C13H20N2O2. The third kappa shape index (κ3) is 2.16. The highest BCUT2D eigenvalue weighted by Crippen LogP contribution is 2.45. The maximum atomic E-state index is 12.2. The molecule has 0 radical (unpaired) electrons. The van der Waals surface area contributed by atoms with Gasteiger partial charge in [-0.05, 0) is 38.0 Å². The van der Waals surface area contributed by atoms with E-state index in [-0.39, 0.29) is 18.1 Å².